The number of allylic oxidation sites excluding steroid dienone is 2. The van der Waals surface area contributed by atoms with Gasteiger partial charge in [-0.2, -0.15) is 18.4 Å². The fourth-order valence-corrected chi connectivity index (χ4v) is 3.00. The van der Waals surface area contributed by atoms with Crippen molar-refractivity contribution in [2.45, 2.75) is 12.6 Å². The second-order valence-corrected chi connectivity index (χ2v) is 5.90. The largest absolute Gasteiger partial charge is 0.511 e. The van der Waals surface area contributed by atoms with Crippen LogP contribution in [0.25, 0.3) is 15.8 Å². The number of aromatic nitrogens is 1. The van der Waals surface area contributed by atoms with Crippen molar-refractivity contribution in [1.29, 1.82) is 5.26 Å². The number of fused-ring (bicyclic) bond motifs is 1. The first-order chi connectivity index (χ1) is 9.86. The summed E-state index contributed by atoms with van der Waals surface area (Å²) in [7, 11) is 0. The third-order valence-electron chi connectivity index (χ3n) is 2.66. The normalized spacial score (nSPS) is 13.1. The number of halogens is 4. The van der Waals surface area contributed by atoms with E-state index in [1.54, 1.807) is 0 Å². The van der Waals surface area contributed by atoms with E-state index in [0.29, 0.717) is 10.0 Å². The van der Waals surface area contributed by atoms with E-state index in [1.165, 1.54) is 6.07 Å². The zero-order chi connectivity index (χ0) is 15.6. The van der Waals surface area contributed by atoms with Crippen LogP contribution in [0.15, 0.2) is 24.0 Å². The summed E-state index contributed by atoms with van der Waals surface area (Å²) in [5.74, 6) is -0.135. The van der Waals surface area contributed by atoms with Crippen molar-refractivity contribution in [3.05, 3.63) is 34.5 Å². The van der Waals surface area contributed by atoms with Gasteiger partial charge in [0, 0.05) is 11.8 Å². The van der Waals surface area contributed by atoms with Gasteiger partial charge in [-0.25, -0.2) is 4.98 Å². The van der Waals surface area contributed by atoms with Gasteiger partial charge in [0.05, 0.1) is 15.8 Å². The van der Waals surface area contributed by atoms with Crippen molar-refractivity contribution in [2.24, 2.45) is 0 Å². The summed E-state index contributed by atoms with van der Waals surface area (Å²) in [5.41, 5.74) is -0.646. The van der Waals surface area contributed by atoms with Crippen LogP contribution in [0, 0.1) is 11.3 Å². The van der Waals surface area contributed by atoms with Gasteiger partial charge < -0.3 is 5.11 Å². The molecule has 21 heavy (non-hydrogen) atoms. The van der Waals surface area contributed by atoms with Gasteiger partial charge in [0.2, 0.25) is 0 Å². The molecule has 3 nitrogen and oxygen atoms in total. The van der Waals surface area contributed by atoms with Gasteiger partial charge in [0.25, 0.3) is 0 Å². The first-order valence-electron chi connectivity index (χ1n) is 5.73. The van der Waals surface area contributed by atoms with Crippen LogP contribution in [0.3, 0.4) is 0 Å². The predicted molar refractivity (Wildman–Crippen MR) is 78.2 cm³/mol. The van der Waals surface area contributed by atoms with Crippen molar-refractivity contribution in [3.63, 3.8) is 0 Å². The lowest BCUT2D eigenvalue weighted by atomic mass is 10.2. The molecule has 1 aromatic carbocycles. The van der Waals surface area contributed by atoms with Crippen molar-refractivity contribution in [1.82, 2.24) is 4.98 Å². The molecular formula is C13H8BrF3N2OS. The Morgan fingerprint density at radius 1 is 1.43 bits per heavy atom. The number of rotatable bonds is 3. The molecule has 1 N–H and O–H groups in total. The fourth-order valence-electron chi connectivity index (χ4n) is 1.66. The number of aliphatic hydroxyl groups is 1. The van der Waals surface area contributed by atoms with E-state index in [2.05, 4.69) is 20.9 Å². The van der Waals surface area contributed by atoms with Crippen molar-refractivity contribution in [3.8, 4) is 6.07 Å². The number of nitriles is 1. The minimum Gasteiger partial charge on any atom is -0.511 e. The Morgan fingerprint density at radius 2 is 2.14 bits per heavy atom. The second kappa shape index (κ2) is 6.03. The van der Waals surface area contributed by atoms with Crippen molar-refractivity contribution >= 4 is 43.1 Å². The molecule has 0 saturated heterocycles. The van der Waals surface area contributed by atoms with E-state index in [-0.39, 0.29) is 28.3 Å². The average Bonchev–Trinajstić information content (AvgIpc) is 2.81. The fraction of sp³-hybridized carbons (Fsp3) is 0.231. The molecular weight excluding hydrogens is 369 g/mol. The monoisotopic (exact) mass is 376 g/mol. The minimum absolute atomic E-state index is 0.00999. The average molecular weight is 377 g/mol. The van der Waals surface area contributed by atoms with E-state index in [1.807, 2.05) is 6.07 Å². The van der Waals surface area contributed by atoms with Crippen LogP contribution in [0.5, 0.6) is 0 Å². The maximum Gasteiger partial charge on any atom is 0.416 e. The van der Waals surface area contributed by atoms with Crippen LogP contribution in [0.4, 0.5) is 13.2 Å². The van der Waals surface area contributed by atoms with E-state index >= 15 is 0 Å². The molecule has 0 saturated carbocycles. The van der Waals surface area contributed by atoms with Crippen LogP contribution in [0.1, 0.15) is 17.0 Å². The van der Waals surface area contributed by atoms with E-state index in [0.717, 1.165) is 23.5 Å². The highest BCUT2D eigenvalue weighted by Gasteiger charge is 2.30. The number of hydrogen-bond donors (Lipinski definition) is 1. The zero-order valence-corrected chi connectivity index (χ0v) is 12.8. The summed E-state index contributed by atoms with van der Waals surface area (Å²) in [6.07, 6.45) is -4.20. The molecule has 0 bridgehead atoms. The highest BCUT2D eigenvalue weighted by molar-refractivity contribution is 9.09. The molecule has 0 aliphatic rings. The van der Waals surface area contributed by atoms with E-state index < -0.39 is 11.7 Å². The Labute approximate surface area is 130 Å². The summed E-state index contributed by atoms with van der Waals surface area (Å²) in [6, 6.07) is 5.07. The highest BCUT2D eigenvalue weighted by Crippen LogP contribution is 2.34. The van der Waals surface area contributed by atoms with E-state index in [9.17, 15) is 18.3 Å². The van der Waals surface area contributed by atoms with Crippen LogP contribution in [0.2, 0.25) is 0 Å². The molecule has 0 aliphatic heterocycles. The summed E-state index contributed by atoms with van der Waals surface area (Å²) in [5, 5.41) is 19.6. The Morgan fingerprint density at radius 3 is 2.71 bits per heavy atom. The Balaban J connectivity index is 2.53. The molecule has 0 spiro atoms. The number of thiazole rings is 1. The van der Waals surface area contributed by atoms with Gasteiger partial charge >= 0.3 is 6.18 Å². The molecule has 1 heterocycles. The molecule has 8 heteroatoms. The highest BCUT2D eigenvalue weighted by atomic mass is 79.9. The Hall–Kier alpha value is -1.59. The molecule has 0 atom stereocenters. The number of alkyl halides is 4. The minimum atomic E-state index is -4.44. The topological polar surface area (TPSA) is 56.9 Å². The van der Waals surface area contributed by atoms with Gasteiger partial charge in [-0.15, -0.1) is 11.3 Å². The second-order valence-electron chi connectivity index (χ2n) is 4.07. The van der Waals surface area contributed by atoms with E-state index in [4.69, 9.17) is 5.26 Å². The van der Waals surface area contributed by atoms with Crippen LogP contribution in [-0.2, 0) is 6.18 Å². The van der Waals surface area contributed by atoms with Crippen LogP contribution in [-0.4, -0.2) is 15.4 Å². The molecule has 2 rings (SSSR count). The maximum absolute atomic E-state index is 12.6. The molecule has 0 radical (unpaired) electrons. The van der Waals surface area contributed by atoms with Gasteiger partial charge in [-0.3, -0.25) is 0 Å². The third-order valence-corrected chi connectivity index (χ3v) is 4.11. The summed E-state index contributed by atoms with van der Waals surface area (Å²) >= 11 is 4.21. The molecule has 110 valence electrons. The number of nitrogens with zero attached hydrogens (tertiary/aromatic N) is 2. The SMILES string of the molecule is N#C/C(=C(/O)CCBr)c1nc2cc(C(F)(F)F)ccc2s1. The van der Waals surface area contributed by atoms with Crippen molar-refractivity contribution < 1.29 is 18.3 Å². The molecule has 0 unspecified atom stereocenters. The summed E-state index contributed by atoms with van der Waals surface area (Å²) < 4.78 is 38.5. The van der Waals surface area contributed by atoms with Gasteiger partial charge in [-0.1, -0.05) is 15.9 Å². The lowest BCUT2D eigenvalue weighted by Gasteiger charge is -2.04. The predicted octanol–water partition coefficient (Wildman–Crippen LogP) is 4.89. The van der Waals surface area contributed by atoms with Gasteiger partial charge in [-0.05, 0) is 18.2 Å². The number of benzene rings is 1. The van der Waals surface area contributed by atoms with Gasteiger partial charge in [0.15, 0.2) is 0 Å². The molecule has 0 amide bonds. The molecule has 0 fully saturated rings. The molecule has 0 aliphatic carbocycles. The standard InChI is InChI=1S/C13H8BrF3N2OS/c14-4-3-10(20)8(6-18)12-19-9-5-7(13(15,16)17)1-2-11(9)21-12/h1-2,5,20H,3-4H2/b10-8-. The molecule has 2 aromatic rings. The first-order valence-corrected chi connectivity index (χ1v) is 7.67. The molecule has 1 aromatic heterocycles. The lowest BCUT2D eigenvalue weighted by Crippen LogP contribution is -2.03. The maximum atomic E-state index is 12.6. The zero-order valence-electron chi connectivity index (χ0n) is 10.4. The summed E-state index contributed by atoms with van der Waals surface area (Å²) in [4.78, 5) is 4.02. The number of aliphatic hydroxyl groups excluding tert-OH is 1. The third kappa shape index (κ3) is 3.36. The Kier molecular flexibility index (Phi) is 4.54. The lowest BCUT2D eigenvalue weighted by molar-refractivity contribution is -0.137. The van der Waals surface area contributed by atoms with Crippen LogP contribution < -0.4 is 0 Å². The van der Waals surface area contributed by atoms with Crippen molar-refractivity contribution in [2.75, 3.05) is 5.33 Å². The van der Waals surface area contributed by atoms with Crippen LogP contribution >= 0.6 is 27.3 Å². The smallest absolute Gasteiger partial charge is 0.416 e. The summed E-state index contributed by atoms with van der Waals surface area (Å²) in [6.45, 7) is 0. The number of hydrogen-bond acceptors (Lipinski definition) is 4. The Bertz CT molecular complexity index is 746. The first kappa shape index (κ1) is 15.8. The van der Waals surface area contributed by atoms with Gasteiger partial charge in [0.1, 0.15) is 22.4 Å². The quantitative estimate of drug-likeness (QED) is 0.471.